The number of allylic oxidation sites excluding steroid dienone is 4. The second kappa shape index (κ2) is 5.26. The molecule has 0 saturated heterocycles. The Hall–Kier alpha value is -0.520. The standard InChI is InChI=1S/C13H22/c1-11(2)9-12(3)10-13-7-5-4-6-8-13/h5,7-8,11-12H,4,6,9-10H2,1-3H3. The normalized spacial score (nSPS) is 18.9. The van der Waals surface area contributed by atoms with Gasteiger partial charge in [-0.2, -0.15) is 0 Å². The molecule has 1 aliphatic rings. The van der Waals surface area contributed by atoms with E-state index in [1.165, 1.54) is 25.7 Å². The first-order valence-corrected chi connectivity index (χ1v) is 5.54. The van der Waals surface area contributed by atoms with E-state index in [-0.39, 0.29) is 0 Å². The third kappa shape index (κ3) is 4.31. The van der Waals surface area contributed by atoms with Gasteiger partial charge in [0.15, 0.2) is 0 Å². The summed E-state index contributed by atoms with van der Waals surface area (Å²) in [4.78, 5) is 0. The average molecular weight is 178 g/mol. The van der Waals surface area contributed by atoms with Gasteiger partial charge in [0.2, 0.25) is 0 Å². The minimum Gasteiger partial charge on any atom is -0.0840 e. The summed E-state index contributed by atoms with van der Waals surface area (Å²) in [5, 5.41) is 0. The van der Waals surface area contributed by atoms with Gasteiger partial charge in [-0.25, -0.2) is 0 Å². The van der Waals surface area contributed by atoms with E-state index in [9.17, 15) is 0 Å². The molecule has 0 radical (unpaired) electrons. The Morgan fingerprint density at radius 1 is 1.23 bits per heavy atom. The van der Waals surface area contributed by atoms with Gasteiger partial charge in [-0.15, -0.1) is 0 Å². The van der Waals surface area contributed by atoms with Gasteiger partial charge in [0, 0.05) is 0 Å². The van der Waals surface area contributed by atoms with Crippen LogP contribution < -0.4 is 0 Å². The van der Waals surface area contributed by atoms with Crippen molar-refractivity contribution in [2.45, 2.75) is 46.5 Å². The van der Waals surface area contributed by atoms with Gasteiger partial charge in [0.05, 0.1) is 0 Å². The Morgan fingerprint density at radius 2 is 2.00 bits per heavy atom. The molecule has 1 atom stereocenters. The van der Waals surface area contributed by atoms with E-state index in [0.29, 0.717) is 0 Å². The fourth-order valence-corrected chi connectivity index (χ4v) is 2.11. The van der Waals surface area contributed by atoms with Crippen molar-refractivity contribution >= 4 is 0 Å². The number of rotatable bonds is 4. The van der Waals surface area contributed by atoms with Crippen molar-refractivity contribution in [1.82, 2.24) is 0 Å². The van der Waals surface area contributed by atoms with Crippen LogP contribution in [0.15, 0.2) is 23.8 Å². The van der Waals surface area contributed by atoms with Crippen LogP contribution in [0, 0.1) is 11.8 Å². The Kier molecular flexibility index (Phi) is 4.27. The van der Waals surface area contributed by atoms with Crippen molar-refractivity contribution in [2.24, 2.45) is 11.8 Å². The topological polar surface area (TPSA) is 0 Å². The summed E-state index contributed by atoms with van der Waals surface area (Å²) in [5.74, 6) is 1.68. The highest BCUT2D eigenvalue weighted by molar-refractivity contribution is 5.22. The van der Waals surface area contributed by atoms with Gasteiger partial charge in [-0.1, -0.05) is 44.6 Å². The van der Waals surface area contributed by atoms with Crippen LogP contribution in [0.4, 0.5) is 0 Å². The van der Waals surface area contributed by atoms with Gasteiger partial charge < -0.3 is 0 Å². The molecule has 0 N–H and O–H groups in total. The molecule has 13 heavy (non-hydrogen) atoms. The van der Waals surface area contributed by atoms with E-state index in [1.807, 2.05) is 0 Å². The molecule has 0 aromatic carbocycles. The second-order valence-electron chi connectivity index (χ2n) is 4.70. The molecule has 0 nitrogen and oxygen atoms in total. The SMILES string of the molecule is CC(C)CC(C)CC1=CCCC=C1. The third-order valence-corrected chi connectivity index (χ3v) is 2.53. The zero-order valence-electron chi connectivity index (χ0n) is 9.22. The third-order valence-electron chi connectivity index (χ3n) is 2.53. The van der Waals surface area contributed by atoms with Crippen LogP contribution in [0.5, 0.6) is 0 Å². The monoisotopic (exact) mass is 178 g/mol. The summed E-state index contributed by atoms with van der Waals surface area (Å²) >= 11 is 0. The van der Waals surface area contributed by atoms with Gasteiger partial charge >= 0.3 is 0 Å². The fourth-order valence-electron chi connectivity index (χ4n) is 2.11. The molecule has 74 valence electrons. The van der Waals surface area contributed by atoms with E-state index in [0.717, 1.165) is 11.8 Å². The zero-order chi connectivity index (χ0) is 9.68. The van der Waals surface area contributed by atoms with Crippen LogP contribution >= 0.6 is 0 Å². The fraction of sp³-hybridized carbons (Fsp3) is 0.692. The first-order valence-electron chi connectivity index (χ1n) is 5.54. The summed E-state index contributed by atoms with van der Waals surface area (Å²) in [7, 11) is 0. The molecule has 0 heterocycles. The Balaban J connectivity index is 2.31. The smallest absolute Gasteiger partial charge is 0.0256 e. The molecule has 0 fully saturated rings. The number of hydrogen-bond acceptors (Lipinski definition) is 0. The lowest BCUT2D eigenvalue weighted by molar-refractivity contribution is 0.437. The van der Waals surface area contributed by atoms with Crippen molar-refractivity contribution in [3.63, 3.8) is 0 Å². The molecule has 0 spiro atoms. The molecule has 1 aliphatic carbocycles. The largest absolute Gasteiger partial charge is 0.0840 e. The van der Waals surface area contributed by atoms with Crippen LogP contribution in [0.25, 0.3) is 0 Å². The van der Waals surface area contributed by atoms with Crippen LogP contribution in [0.3, 0.4) is 0 Å². The minimum absolute atomic E-state index is 0.836. The van der Waals surface area contributed by atoms with E-state index in [2.05, 4.69) is 39.0 Å². The Morgan fingerprint density at radius 3 is 2.54 bits per heavy atom. The average Bonchev–Trinajstić information content (AvgIpc) is 2.04. The van der Waals surface area contributed by atoms with Gasteiger partial charge in [-0.05, 0) is 37.5 Å². The van der Waals surface area contributed by atoms with E-state index in [1.54, 1.807) is 5.57 Å². The maximum atomic E-state index is 2.40. The van der Waals surface area contributed by atoms with Gasteiger partial charge in [0.1, 0.15) is 0 Å². The quantitative estimate of drug-likeness (QED) is 0.601. The molecular weight excluding hydrogens is 156 g/mol. The predicted molar refractivity (Wildman–Crippen MR) is 59.7 cm³/mol. The maximum Gasteiger partial charge on any atom is -0.0256 e. The van der Waals surface area contributed by atoms with Crippen molar-refractivity contribution in [2.75, 3.05) is 0 Å². The second-order valence-corrected chi connectivity index (χ2v) is 4.70. The highest BCUT2D eigenvalue weighted by Crippen LogP contribution is 2.22. The lowest BCUT2D eigenvalue weighted by Crippen LogP contribution is -2.01. The number of hydrogen-bond donors (Lipinski definition) is 0. The predicted octanol–water partition coefficient (Wildman–Crippen LogP) is 4.34. The van der Waals surface area contributed by atoms with Crippen molar-refractivity contribution < 1.29 is 0 Å². The lowest BCUT2D eigenvalue weighted by Gasteiger charge is -2.15. The first-order chi connectivity index (χ1) is 6.18. The van der Waals surface area contributed by atoms with Crippen molar-refractivity contribution in [3.8, 4) is 0 Å². The summed E-state index contributed by atoms with van der Waals surface area (Å²) in [5.41, 5.74) is 1.56. The van der Waals surface area contributed by atoms with Crippen LogP contribution in [0.1, 0.15) is 46.5 Å². The molecule has 0 amide bonds. The molecule has 0 aromatic rings. The molecule has 0 bridgehead atoms. The first kappa shape index (κ1) is 10.6. The van der Waals surface area contributed by atoms with Crippen LogP contribution in [-0.4, -0.2) is 0 Å². The van der Waals surface area contributed by atoms with Gasteiger partial charge in [0.25, 0.3) is 0 Å². The molecule has 0 saturated carbocycles. The Bertz CT molecular complexity index is 196. The zero-order valence-corrected chi connectivity index (χ0v) is 9.22. The van der Waals surface area contributed by atoms with Crippen molar-refractivity contribution in [1.29, 1.82) is 0 Å². The van der Waals surface area contributed by atoms with Crippen LogP contribution in [0.2, 0.25) is 0 Å². The molecule has 0 aliphatic heterocycles. The highest BCUT2D eigenvalue weighted by Gasteiger charge is 2.07. The molecule has 1 rings (SSSR count). The molecule has 0 heteroatoms. The molecule has 0 aromatic heterocycles. The maximum absolute atomic E-state index is 2.40. The summed E-state index contributed by atoms with van der Waals surface area (Å²) in [6.07, 6.45) is 12.1. The summed E-state index contributed by atoms with van der Waals surface area (Å²) in [6, 6.07) is 0. The highest BCUT2D eigenvalue weighted by atomic mass is 14.1. The van der Waals surface area contributed by atoms with E-state index >= 15 is 0 Å². The summed E-state index contributed by atoms with van der Waals surface area (Å²) in [6.45, 7) is 6.98. The lowest BCUT2D eigenvalue weighted by atomic mass is 9.91. The van der Waals surface area contributed by atoms with E-state index in [4.69, 9.17) is 0 Å². The van der Waals surface area contributed by atoms with Gasteiger partial charge in [-0.3, -0.25) is 0 Å². The van der Waals surface area contributed by atoms with Crippen LogP contribution in [-0.2, 0) is 0 Å². The molecular formula is C13H22. The van der Waals surface area contributed by atoms with Crippen molar-refractivity contribution in [3.05, 3.63) is 23.8 Å². The molecule has 1 unspecified atom stereocenters. The minimum atomic E-state index is 0.836. The Labute approximate surface area is 82.7 Å². The van der Waals surface area contributed by atoms with E-state index < -0.39 is 0 Å². The summed E-state index contributed by atoms with van der Waals surface area (Å²) < 4.78 is 0.